The predicted molar refractivity (Wildman–Crippen MR) is 171 cm³/mol. The second-order valence-corrected chi connectivity index (χ2v) is 11.6. The monoisotopic (exact) mass is 548 g/mol. The molecule has 214 valence electrons. The van der Waals surface area contributed by atoms with E-state index >= 15 is 0 Å². The highest BCUT2D eigenvalue weighted by molar-refractivity contribution is 5.55. The minimum atomic E-state index is -0.0344. The van der Waals surface area contributed by atoms with Crippen LogP contribution in [0.2, 0.25) is 0 Å². The number of para-hydroxylation sites is 4. The maximum absolute atomic E-state index is 6.11. The lowest BCUT2D eigenvalue weighted by Crippen LogP contribution is -2.33. The van der Waals surface area contributed by atoms with Crippen LogP contribution in [0.5, 0.6) is 23.0 Å². The van der Waals surface area contributed by atoms with Crippen LogP contribution in [0.25, 0.3) is 0 Å². The number of unbranched alkanes of at least 4 members (excludes halogenated alkanes) is 4. The number of rotatable bonds is 12. The van der Waals surface area contributed by atoms with Crippen molar-refractivity contribution in [2.45, 2.75) is 76.5 Å². The van der Waals surface area contributed by atoms with Crippen molar-refractivity contribution in [3.8, 4) is 23.0 Å². The molecule has 1 saturated carbocycles. The normalized spacial score (nSPS) is 15.0. The molecule has 0 radical (unpaired) electrons. The van der Waals surface area contributed by atoms with E-state index in [1.54, 1.807) is 0 Å². The van der Waals surface area contributed by atoms with Crippen molar-refractivity contribution >= 4 is 11.4 Å². The maximum atomic E-state index is 6.11. The highest BCUT2D eigenvalue weighted by Gasteiger charge is 2.38. The van der Waals surface area contributed by atoms with E-state index in [0.717, 1.165) is 30.3 Å². The molecule has 0 bridgehead atoms. The van der Waals surface area contributed by atoms with E-state index in [-0.39, 0.29) is 5.41 Å². The highest BCUT2D eigenvalue weighted by atomic mass is 16.5. The molecule has 0 amide bonds. The molecule has 0 atom stereocenters. The van der Waals surface area contributed by atoms with Crippen LogP contribution in [-0.2, 0) is 5.41 Å². The van der Waals surface area contributed by atoms with Gasteiger partial charge >= 0.3 is 0 Å². The van der Waals surface area contributed by atoms with E-state index in [0.29, 0.717) is 22.9 Å². The summed E-state index contributed by atoms with van der Waals surface area (Å²) < 4.78 is 12.2. The SMILES string of the molecule is CCCCCCCC1CCC(c2ccc(Oc3ccccc3N)cc2)(c2ccc(Oc3ccccc3N)cc2)CC1. The van der Waals surface area contributed by atoms with Crippen molar-refractivity contribution in [2.24, 2.45) is 5.92 Å². The Morgan fingerprint density at radius 3 is 1.54 bits per heavy atom. The van der Waals surface area contributed by atoms with Gasteiger partial charge in [0.15, 0.2) is 0 Å². The first-order chi connectivity index (χ1) is 20.1. The number of hydrogen-bond donors (Lipinski definition) is 2. The summed E-state index contributed by atoms with van der Waals surface area (Å²) in [5.74, 6) is 3.78. The zero-order chi connectivity index (χ0) is 28.5. The van der Waals surface area contributed by atoms with E-state index in [1.165, 1.54) is 62.5 Å². The topological polar surface area (TPSA) is 70.5 Å². The van der Waals surface area contributed by atoms with E-state index in [9.17, 15) is 0 Å². The number of nitrogen functional groups attached to an aromatic ring is 2. The van der Waals surface area contributed by atoms with Gasteiger partial charge in [0.1, 0.15) is 23.0 Å². The van der Waals surface area contributed by atoms with E-state index in [2.05, 4.69) is 55.5 Å². The summed E-state index contributed by atoms with van der Waals surface area (Å²) in [6.45, 7) is 2.28. The molecular formula is C37H44N2O2. The fourth-order valence-corrected chi connectivity index (χ4v) is 6.32. The molecule has 0 heterocycles. The Morgan fingerprint density at radius 2 is 1.07 bits per heavy atom. The van der Waals surface area contributed by atoms with Crippen LogP contribution < -0.4 is 20.9 Å². The summed E-state index contributed by atoms with van der Waals surface area (Å²) >= 11 is 0. The van der Waals surface area contributed by atoms with Crippen molar-refractivity contribution < 1.29 is 9.47 Å². The molecule has 1 aliphatic carbocycles. The predicted octanol–water partition coefficient (Wildman–Crippen LogP) is 10.3. The van der Waals surface area contributed by atoms with Gasteiger partial charge in [-0.25, -0.2) is 0 Å². The van der Waals surface area contributed by atoms with Crippen LogP contribution in [0.1, 0.15) is 82.3 Å². The average molecular weight is 549 g/mol. The lowest BCUT2D eigenvalue weighted by molar-refractivity contribution is 0.250. The van der Waals surface area contributed by atoms with Gasteiger partial charge in [-0.05, 0) is 91.3 Å². The third kappa shape index (κ3) is 7.05. The summed E-state index contributed by atoms with van der Waals surface area (Å²) in [6, 6.07) is 32.6. The summed E-state index contributed by atoms with van der Waals surface area (Å²) in [7, 11) is 0. The van der Waals surface area contributed by atoms with Gasteiger partial charge in [-0.3, -0.25) is 0 Å². The van der Waals surface area contributed by atoms with Crippen LogP contribution >= 0.6 is 0 Å². The molecule has 4 aromatic carbocycles. The van der Waals surface area contributed by atoms with Gasteiger partial charge in [0.2, 0.25) is 0 Å². The first-order valence-electron chi connectivity index (χ1n) is 15.3. The molecule has 41 heavy (non-hydrogen) atoms. The van der Waals surface area contributed by atoms with E-state index in [4.69, 9.17) is 20.9 Å². The second-order valence-electron chi connectivity index (χ2n) is 11.6. The Bertz CT molecular complexity index is 1280. The fraction of sp³-hybridized carbons (Fsp3) is 0.351. The van der Waals surface area contributed by atoms with Gasteiger partial charge in [-0.2, -0.15) is 0 Å². The molecule has 4 aromatic rings. The largest absolute Gasteiger partial charge is 0.455 e. The zero-order valence-electron chi connectivity index (χ0n) is 24.4. The summed E-state index contributed by atoms with van der Waals surface area (Å²) in [5, 5.41) is 0. The van der Waals surface area contributed by atoms with E-state index in [1.807, 2.05) is 48.5 Å². The number of nitrogens with two attached hydrogens (primary N) is 2. The number of benzene rings is 4. The molecule has 0 unspecified atom stereocenters. The molecule has 0 saturated heterocycles. The number of hydrogen-bond acceptors (Lipinski definition) is 4. The minimum Gasteiger partial charge on any atom is -0.455 e. The van der Waals surface area contributed by atoms with Gasteiger partial charge in [0.25, 0.3) is 0 Å². The number of ether oxygens (including phenoxy) is 2. The van der Waals surface area contributed by atoms with Crippen LogP contribution in [-0.4, -0.2) is 0 Å². The van der Waals surface area contributed by atoms with Crippen molar-refractivity contribution in [3.05, 3.63) is 108 Å². The van der Waals surface area contributed by atoms with Crippen molar-refractivity contribution in [1.29, 1.82) is 0 Å². The molecule has 4 heteroatoms. The molecule has 5 rings (SSSR count). The second kappa shape index (κ2) is 13.6. The first-order valence-corrected chi connectivity index (χ1v) is 15.3. The lowest BCUT2D eigenvalue weighted by Gasteiger charge is -2.41. The quantitative estimate of drug-likeness (QED) is 0.136. The molecule has 4 nitrogen and oxygen atoms in total. The van der Waals surface area contributed by atoms with Crippen molar-refractivity contribution in [3.63, 3.8) is 0 Å². The zero-order valence-corrected chi connectivity index (χ0v) is 24.4. The van der Waals surface area contributed by atoms with Crippen molar-refractivity contribution in [1.82, 2.24) is 0 Å². The standard InChI is InChI=1S/C37H44N2O2/c1-2-3-4-5-6-11-28-24-26-37(27-25-28,29-16-20-31(21-17-29)40-35-14-9-7-12-33(35)38)30-18-22-32(23-19-30)41-36-15-10-8-13-34(36)39/h7-10,12-23,28H,2-6,11,24-27,38-39H2,1H3. The molecule has 1 fully saturated rings. The average Bonchev–Trinajstić information content (AvgIpc) is 3.01. The fourth-order valence-electron chi connectivity index (χ4n) is 6.32. The molecule has 0 spiro atoms. The summed E-state index contributed by atoms with van der Waals surface area (Å²) in [6.07, 6.45) is 12.9. The van der Waals surface area contributed by atoms with Crippen LogP contribution in [0.15, 0.2) is 97.1 Å². The van der Waals surface area contributed by atoms with Crippen LogP contribution in [0.3, 0.4) is 0 Å². The molecule has 0 aliphatic heterocycles. The highest BCUT2D eigenvalue weighted by Crippen LogP contribution is 2.48. The molecule has 1 aliphatic rings. The van der Waals surface area contributed by atoms with Gasteiger partial charge < -0.3 is 20.9 Å². The smallest absolute Gasteiger partial charge is 0.150 e. The Balaban J connectivity index is 1.35. The third-order valence-corrected chi connectivity index (χ3v) is 8.78. The molecule has 0 aromatic heterocycles. The van der Waals surface area contributed by atoms with Gasteiger partial charge in [0, 0.05) is 5.41 Å². The summed E-state index contributed by atoms with van der Waals surface area (Å²) in [5.41, 5.74) is 16.1. The van der Waals surface area contributed by atoms with Crippen molar-refractivity contribution in [2.75, 3.05) is 11.5 Å². The third-order valence-electron chi connectivity index (χ3n) is 8.78. The van der Waals surface area contributed by atoms with Crippen LogP contribution in [0, 0.1) is 5.92 Å². The Morgan fingerprint density at radius 1 is 0.610 bits per heavy atom. The Kier molecular flexibility index (Phi) is 9.51. The first kappa shape index (κ1) is 28.6. The Hall–Kier alpha value is -3.92. The summed E-state index contributed by atoms with van der Waals surface area (Å²) in [4.78, 5) is 0. The number of anilines is 2. The van der Waals surface area contributed by atoms with E-state index < -0.39 is 0 Å². The van der Waals surface area contributed by atoms with Gasteiger partial charge in [-0.1, -0.05) is 94.0 Å². The Labute approximate surface area is 245 Å². The lowest BCUT2D eigenvalue weighted by atomic mass is 9.62. The molecular weight excluding hydrogens is 504 g/mol. The molecule has 4 N–H and O–H groups in total. The maximum Gasteiger partial charge on any atom is 0.150 e. The van der Waals surface area contributed by atoms with Gasteiger partial charge in [-0.15, -0.1) is 0 Å². The van der Waals surface area contributed by atoms with Crippen LogP contribution in [0.4, 0.5) is 11.4 Å². The van der Waals surface area contributed by atoms with Gasteiger partial charge in [0.05, 0.1) is 11.4 Å². The minimum absolute atomic E-state index is 0.0344.